The lowest BCUT2D eigenvalue weighted by Gasteiger charge is -2.46. The third-order valence-corrected chi connectivity index (χ3v) is 8.94. The first-order valence-corrected chi connectivity index (χ1v) is 12.8. The van der Waals surface area contributed by atoms with Crippen LogP contribution >= 0.6 is 0 Å². The number of nitrogens with zero attached hydrogens (tertiary/aromatic N) is 3. The molecule has 33 heavy (non-hydrogen) atoms. The first-order chi connectivity index (χ1) is 15.7. The fourth-order valence-electron chi connectivity index (χ4n) is 5.02. The quantitative estimate of drug-likeness (QED) is 0.620. The highest BCUT2D eigenvalue weighted by Gasteiger charge is 2.36. The molecule has 0 unspecified atom stereocenters. The molecule has 5 rings (SSSR count). The van der Waals surface area contributed by atoms with Gasteiger partial charge >= 0.3 is 5.97 Å². The van der Waals surface area contributed by atoms with Crippen molar-refractivity contribution in [1.29, 1.82) is 0 Å². The van der Waals surface area contributed by atoms with E-state index in [2.05, 4.69) is 16.8 Å². The van der Waals surface area contributed by atoms with Gasteiger partial charge in [0.1, 0.15) is 5.69 Å². The van der Waals surface area contributed by atoms with Gasteiger partial charge in [-0.05, 0) is 62.6 Å². The number of fused-ring (bicyclic) bond motifs is 1. The summed E-state index contributed by atoms with van der Waals surface area (Å²) in [6, 6.07) is 14.2. The summed E-state index contributed by atoms with van der Waals surface area (Å²) >= 11 is 0. The minimum atomic E-state index is -4.06. The van der Waals surface area contributed by atoms with Crippen LogP contribution in [0.25, 0.3) is 10.9 Å². The highest BCUT2D eigenvalue weighted by molar-refractivity contribution is 7.90. The molecular formula is C25H29N3O4S. The van der Waals surface area contributed by atoms with Crippen LogP contribution in [0.5, 0.6) is 0 Å². The van der Waals surface area contributed by atoms with E-state index in [1.54, 1.807) is 12.1 Å². The third-order valence-electron chi connectivity index (χ3n) is 7.20. The molecular weight excluding hydrogens is 438 g/mol. The zero-order valence-electron chi connectivity index (χ0n) is 18.9. The summed E-state index contributed by atoms with van der Waals surface area (Å²) in [4.78, 5) is 16.9. The minimum absolute atomic E-state index is 0.0808. The highest BCUT2D eigenvalue weighted by atomic mass is 32.2. The molecule has 1 aliphatic carbocycles. The number of piperazine rings is 1. The molecule has 2 aliphatic rings. The monoisotopic (exact) mass is 467 g/mol. The average Bonchev–Trinajstić information content (AvgIpc) is 3.14. The van der Waals surface area contributed by atoms with Gasteiger partial charge in [-0.3, -0.25) is 4.90 Å². The van der Waals surface area contributed by atoms with Crippen LogP contribution < -0.4 is 0 Å². The van der Waals surface area contributed by atoms with Crippen molar-refractivity contribution >= 4 is 26.9 Å². The molecule has 2 fully saturated rings. The SMILES string of the molecule is Cc1ccc(S(=O)(=O)n2c(C(=O)O)cc3ccc(C4CC(N5CCN(C)CC5)C4)cc32)cc1. The van der Waals surface area contributed by atoms with E-state index in [9.17, 15) is 18.3 Å². The molecule has 8 heteroatoms. The standard InChI is InChI=1S/C25H29N3O4S/c1-17-3-7-22(8-4-17)33(31,32)28-23-15-18(5-6-19(23)16-24(28)25(29)30)20-13-21(14-20)27-11-9-26(2)10-12-27/h3-8,15-16,20-21H,9-14H2,1-2H3,(H,29,30). The summed E-state index contributed by atoms with van der Waals surface area (Å²) in [5, 5.41) is 10.4. The van der Waals surface area contributed by atoms with Gasteiger partial charge < -0.3 is 10.0 Å². The summed E-state index contributed by atoms with van der Waals surface area (Å²) < 4.78 is 28.0. The summed E-state index contributed by atoms with van der Waals surface area (Å²) in [7, 11) is -1.90. The van der Waals surface area contributed by atoms with Crippen molar-refractivity contribution in [2.24, 2.45) is 0 Å². The van der Waals surface area contributed by atoms with Crippen LogP contribution in [0.3, 0.4) is 0 Å². The van der Waals surface area contributed by atoms with Crippen molar-refractivity contribution < 1.29 is 18.3 Å². The Hall–Kier alpha value is -2.68. The average molecular weight is 468 g/mol. The molecule has 1 saturated heterocycles. The topological polar surface area (TPSA) is 82.8 Å². The van der Waals surface area contributed by atoms with Crippen LogP contribution in [0.4, 0.5) is 0 Å². The zero-order chi connectivity index (χ0) is 23.3. The first-order valence-electron chi connectivity index (χ1n) is 11.4. The van der Waals surface area contributed by atoms with Gasteiger partial charge in [0, 0.05) is 37.6 Å². The Bertz CT molecular complexity index is 1300. The van der Waals surface area contributed by atoms with Crippen LogP contribution in [0, 0.1) is 6.92 Å². The van der Waals surface area contributed by atoms with Crippen molar-refractivity contribution in [1.82, 2.24) is 13.8 Å². The van der Waals surface area contributed by atoms with Crippen molar-refractivity contribution in [3.05, 3.63) is 65.4 Å². The van der Waals surface area contributed by atoms with Crippen molar-refractivity contribution in [3.8, 4) is 0 Å². The van der Waals surface area contributed by atoms with Crippen molar-refractivity contribution in [2.75, 3.05) is 33.2 Å². The Morgan fingerprint density at radius 1 is 0.970 bits per heavy atom. The van der Waals surface area contributed by atoms with E-state index in [-0.39, 0.29) is 10.6 Å². The van der Waals surface area contributed by atoms with Gasteiger partial charge in [-0.2, -0.15) is 0 Å². The number of carboxylic acid groups (broad SMARTS) is 1. The fraction of sp³-hybridized carbons (Fsp3) is 0.400. The Labute approximate surface area is 194 Å². The van der Waals surface area contributed by atoms with Gasteiger partial charge in [0.2, 0.25) is 0 Å². The maximum atomic E-state index is 13.5. The van der Waals surface area contributed by atoms with Crippen LogP contribution in [0.15, 0.2) is 53.4 Å². The van der Waals surface area contributed by atoms with E-state index in [1.807, 2.05) is 25.1 Å². The number of carboxylic acids is 1. The molecule has 1 aliphatic heterocycles. The van der Waals surface area contributed by atoms with Gasteiger partial charge in [-0.15, -0.1) is 0 Å². The van der Waals surface area contributed by atoms with Gasteiger partial charge in [0.15, 0.2) is 0 Å². The second-order valence-electron chi connectivity index (χ2n) is 9.40. The molecule has 1 aromatic heterocycles. The van der Waals surface area contributed by atoms with E-state index < -0.39 is 16.0 Å². The predicted octanol–water partition coefficient (Wildman–Crippen LogP) is 3.38. The molecule has 1 N–H and O–H groups in total. The van der Waals surface area contributed by atoms with E-state index in [1.165, 1.54) is 18.2 Å². The largest absolute Gasteiger partial charge is 0.477 e. The van der Waals surface area contributed by atoms with Crippen molar-refractivity contribution in [2.45, 2.75) is 36.6 Å². The molecule has 0 spiro atoms. The Balaban J connectivity index is 1.48. The number of rotatable bonds is 5. The van der Waals surface area contributed by atoms with E-state index in [0.717, 1.165) is 54.1 Å². The summed E-state index contributed by atoms with van der Waals surface area (Å²) in [5.74, 6) is -0.903. The highest BCUT2D eigenvalue weighted by Crippen LogP contribution is 2.41. The van der Waals surface area contributed by atoms with Gasteiger partial charge in [-0.1, -0.05) is 29.8 Å². The summed E-state index contributed by atoms with van der Waals surface area (Å²) in [6.07, 6.45) is 2.10. The third kappa shape index (κ3) is 3.96. The number of hydrogen-bond donors (Lipinski definition) is 1. The lowest BCUT2D eigenvalue weighted by molar-refractivity contribution is 0.0605. The molecule has 3 aromatic rings. The smallest absolute Gasteiger partial charge is 0.353 e. The van der Waals surface area contributed by atoms with E-state index in [0.29, 0.717) is 22.9 Å². The summed E-state index contributed by atoms with van der Waals surface area (Å²) in [5.41, 5.74) is 2.19. The second kappa shape index (κ2) is 8.27. The molecule has 0 amide bonds. The zero-order valence-corrected chi connectivity index (χ0v) is 19.8. The Kier molecular flexibility index (Phi) is 5.55. The van der Waals surface area contributed by atoms with Gasteiger partial charge in [0.05, 0.1) is 10.4 Å². The molecule has 174 valence electrons. The minimum Gasteiger partial charge on any atom is -0.477 e. The molecule has 2 aromatic carbocycles. The van der Waals surface area contributed by atoms with Crippen molar-refractivity contribution in [3.63, 3.8) is 0 Å². The lowest BCUT2D eigenvalue weighted by atomic mass is 9.75. The molecule has 2 heterocycles. The molecule has 0 bridgehead atoms. The van der Waals surface area contributed by atoms with E-state index >= 15 is 0 Å². The number of aromatic nitrogens is 1. The fourth-order valence-corrected chi connectivity index (χ4v) is 6.51. The molecule has 1 saturated carbocycles. The molecule has 7 nitrogen and oxygen atoms in total. The predicted molar refractivity (Wildman–Crippen MR) is 127 cm³/mol. The molecule has 0 radical (unpaired) electrons. The van der Waals surface area contributed by atoms with Gasteiger partial charge in [0.25, 0.3) is 10.0 Å². The number of benzene rings is 2. The van der Waals surface area contributed by atoms with Gasteiger partial charge in [-0.25, -0.2) is 17.2 Å². The molecule has 0 atom stereocenters. The number of hydrogen-bond acceptors (Lipinski definition) is 5. The Morgan fingerprint density at radius 2 is 1.64 bits per heavy atom. The number of carbonyl (C=O) groups is 1. The maximum absolute atomic E-state index is 13.5. The van der Waals surface area contributed by atoms with E-state index in [4.69, 9.17) is 0 Å². The summed E-state index contributed by atoms with van der Waals surface area (Å²) in [6.45, 7) is 6.24. The van der Waals surface area contributed by atoms with Crippen LogP contribution in [0.1, 0.15) is 40.4 Å². The number of likely N-dealkylation sites (N-methyl/N-ethyl adjacent to an activating group) is 1. The lowest BCUT2D eigenvalue weighted by Crippen LogP contribution is -2.52. The maximum Gasteiger partial charge on any atom is 0.353 e. The number of aromatic carboxylic acids is 1. The van der Waals surface area contributed by atoms with Crippen LogP contribution in [-0.2, 0) is 10.0 Å². The first kappa shape index (κ1) is 22.1. The van der Waals surface area contributed by atoms with Crippen LogP contribution in [0.2, 0.25) is 0 Å². The Morgan fingerprint density at radius 3 is 2.27 bits per heavy atom. The van der Waals surface area contributed by atoms with Crippen LogP contribution in [-0.4, -0.2) is 72.5 Å². The number of aryl methyl sites for hydroxylation is 1. The normalized spacial score (nSPS) is 22.4. The second-order valence-corrected chi connectivity index (χ2v) is 11.2.